The monoisotopic (exact) mass is 682 g/mol. The van der Waals surface area contributed by atoms with Crippen molar-refractivity contribution in [1.82, 2.24) is 9.80 Å². The zero-order valence-electron chi connectivity index (χ0n) is 25.4. The molecule has 4 aromatic heterocycles. The number of carbonyl (C=O) groups excluding carboxylic acids is 2. The molecule has 0 radical (unpaired) electrons. The van der Waals surface area contributed by atoms with Crippen LogP contribution in [0.25, 0.3) is 43.1 Å². The van der Waals surface area contributed by atoms with Gasteiger partial charge < -0.3 is 8.83 Å². The third-order valence-corrected chi connectivity index (χ3v) is 12.7. The summed E-state index contributed by atoms with van der Waals surface area (Å²) >= 11 is 16.2. The Morgan fingerprint density at radius 2 is 1.21 bits per heavy atom. The maximum atomic E-state index is 12.7. The number of likely N-dealkylation sites (N-methyl/N-ethyl adjacent to an activating group) is 2. The fraction of sp³-hybridized carbons (Fsp3) is 0.226. The molecule has 3 aliphatic rings. The second-order valence-corrected chi connectivity index (χ2v) is 15.8. The van der Waals surface area contributed by atoms with Gasteiger partial charge in [0, 0.05) is 40.4 Å². The lowest BCUT2D eigenvalue weighted by molar-refractivity contribution is -0.122. The van der Waals surface area contributed by atoms with Crippen molar-refractivity contribution in [3.8, 4) is 31.0 Å². The van der Waals surface area contributed by atoms with Crippen molar-refractivity contribution < 1.29 is 21.2 Å². The molecule has 7 rings (SSSR count). The van der Waals surface area contributed by atoms with Crippen LogP contribution in [0.4, 0.5) is 0 Å². The third-order valence-electron chi connectivity index (χ3n) is 7.52. The number of thiophene rings is 2. The van der Waals surface area contributed by atoms with Crippen LogP contribution in [-0.2, 0) is 15.0 Å². The summed E-state index contributed by atoms with van der Waals surface area (Å²) in [6.07, 6.45) is 0. The second-order valence-electron chi connectivity index (χ2n) is 10.4. The van der Waals surface area contributed by atoms with Crippen LogP contribution in [0.15, 0.2) is 55.0 Å². The van der Waals surface area contributed by atoms with E-state index in [2.05, 4.69) is 26.0 Å². The highest BCUT2D eigenvalue weighted by atomic mass is 32.2. The van der Waals surface area contributed by atoms with Crippen LogP contribution in [0.2, 0.25) is 0 Å². The molecule has 2 saturated heterocycles. The summed E-state index contributed by atoms with van der Waals surface area (Å²) in [5, 5.41) is 0. The van der Waals surface area contributed by atoms with E-state index in [-0.39, 0.29) is 39.1 Å². The molecule has 0 spiro atoms. The average Bonchev–Trinajstić information content (AvgIpc) is 3.84. The highest BCUT2D eigenvalue weighted by Gasteiger charge is 2.40. The number of hydrogen-bond acceptors (Lipinski definition) is 10. The first-order valence-electron chi connectivity index (χ1n) is 14.4. The number of furan rings is 2. The molecule has 0 atom stereocenters. The summed E-state index contributed by atoms with van der Waals surface area (Å²) in [4.78, 5) is 33.2. The molecule has 43 heavy (non-hydrogen) atoms. The molecule has 12 heteroatoms. The van der Waals surface area contributed by atoms with Gasteiger partial charge in [0.15, 0.2) is 0 Å². The van der Waals surface area contributed by atoms with Gasteiger partial charge >= 0.3 is 0 Å². The van der Waals surface area contributed by atoms with E-state index in [0.717, 1.165) is 43.0 Å². The second kappa shape index (κ2) is 10.7. The summed E-state index contributed by atoms with van der Waals surface area (Å²) < 4.78 is 30.4. The van der Waals surface area contributed by atoms with E-state index >= 15 is 0 Å². The molecule has 0 bridgehead atoms. The minimum Gasteiger partial charge on any atom is -0.456 e. The van der Waals surface area contributed by atoms with Gasteiger partial charge in [-0.25, -0.2) is 0 Å². The van der Waals surface area contributed by atoms with Crippen molar-refractivity contribution in [2.45, 2.75) is 33.1 Å². The Morgan fingerprint density at radius 1 is 0.791 bits per heavy atom. The van der Waals surface area contributed by atoms with Crippen LogP contribution in [0.3, 0.4) is 0 Å². The number of thioether (sulfide) groups is 2. The quantitative estimate of drug-likeness (QED) is 0.147. The highest BCUT2D eigenvalue weighted by Crippen LogP contribution is 2.58. The molecule has 0 N–H and O–H groups in total. The molecule has 0 aromatic carbocycles. The maximum absolute atomic E-state index is 12.7. The van der Waals surface area contributed by atoms with Gasteiger partial charge in [-0.3, -0.25) is 19.4 Å². The Kier molecular flexibility index (Phi) is 6.63. The molecular formula is C31H24N2O4S6. The van der Waals surface area contributed by atoms with Crippen LogP contribution >= 0.6 is 70.6 Å². The normalized spacial score (nSPS) is 20.7. The number of fused-ring (bicyclic) bond motifs is 3. The van der Waals surface area contributed by atoms with Crippen LogP contribution in [0.5, 0.6) is 0 Å². The number of carbonyl (C=O) groups is 2. The van der Waals surface area contributed by atoms with Crippen LogP contribution in [0.1, 0.15) is 53.1 Å². The van der Waals surface area contributed by atoms with Crippen molar-refractivity contribution in [1.29, 1.82) is 0 Å². The minimum atomic E-state index is -0.261. The van der Waals surface area contributed by atoms with Crippen LogP contribution in [-0.4, -0.2) is 43.3 Å². The predicted molar refractivity (Wildman–Crippen MR) is 186 cm³/mol. The Hall–Kier alpha value is -2.74. The molecule has 4 aromatic rings. The van der Waals surface area contributed by atoms with Crippen molar-refractivity contribution in [3.05, 3.63) is 68.9 Å². The van der Waals surface area contributed by atoms with E-state index in [9.17, 15) is 9.59 Å². The first-order valence-corrected chi connectivity index (χ1v) is 17.5. The molecule has 0 saturated carbocycles. The highest BCUT2D eigenvalue weighted by molar-refractivity contribution is 8.27. The summed E-state index contributed by atoms with van der Waals surface area (Å²) in [6.45, 7) is 9.03. The van der Waals surface area contributed by atoms with Crippen molar-refractivity contribution in [2.24, 2.45) is 0 Å². The number of rotatable bonds is 6. The maximum Gasteiger partial charge on any atom is 0.266 e. The lowest BCUT2D eigenvalue weighted by atomic mass is 9.83. The first-order chi connectivity index (χ1) is 21.4. The zero-order chi connectivity index (χ0) is 31.9. The van der Waals surface area contributed by atoms with E-state index in [1.807, 2.05) is 26.0 Å². The Bertz CT molecular complexity index is 1900. The van der Waals surface area contributed by atoms with Gasteiger partial charge in [-0.2, -0.15) is 0 Å². The molecule has 6 nitrogen and oxygen atoms in total. The van der Waals surface area contributed by atoms with Crippen LogP contribution < -0.4 is 0 Å². The van der Waals surface area contributed by atoms with E-state index in [1.165, 1.54) is 20.9 Å². The fourth-order valence-electron chi connectivity index (χ4n) is 5.22. The van der Waals surface area contributed by atoms with E-state index in [0.29, 0.717) is 44.8 Å². The average molecular weight is 683 g/mol. The number of nitrogens with zero attached hydrogens (tertiary/aromatic N) is 2. The van der Waals surface area contributed by atoms with E-state index in [4.69, 9.17) is 36.0 Å². The molecular weight excluding hydrogens is 657 g/mol. The van der Waals surface area contributed by atoms with Crippen molar-refractivity contribution >= 4 is 103 Å². The molecule has 2 amide bonds. The number of thiocarbonyl (C=S) groups is 2. The lowest BCUT2D eigenvalue weighted by Gasteiger charge is -2.19. The Morgan fingerprint density at radius 3 is 1.58 bits per heavy atom. The van der Waals surface area contributed by atoms with Gasteiger partial charge in [-0.05, 0) is 61.4 Å². The number of hydrogen-bond donors (Lipinski definition) is 0. The molecule has 218 valence electrons. The summed E-state index contributed by atoms with van der Waals surface area (Å²) in [5.41, 5.74) is 2.15. The van der Waals surface area contributed by atoms with Gasteiger partial charge in [0.25, 0.3) is 11.8 Å². The molecule has 0 unspecified atom stereocenters. The van der Waals surface area contributed by atoms with Crippen molar-refractivity contribution in [2.75, 3.05) is 13.1 Å². The standard InChI is InChI=1S/C31H24N2O4S6/c1-5-32-27(34)23(42-29(32)38)11-15-7-9-19(36-15)21-13-17-25(40-21)26-18(31(17,3)4)14-22(41-26)20-10-8-16(37-20)12-24-28(35)33(6-2)30(39)43-24/h7-14H,5-6H2,1-4H3/b23-11-,24-12-/i11D,12D. The van der Waals surface area contributed by atoms with Crippen molar-refractivity contribution in [3.63, 3.8) is 0 Å². The Labute approximate surface area is 278 Å². The minimum absolute atomic E-state index is 0.0368. The summed E-state index contributed by atoms with van der Waals surface area (Å²) in [6, 6.07) is 11.5. The smallest absolute Gasteiger partial charge is 0.266 e. The topological polar surface area (TPSA) is 66.9 Å². The van der Waals surface area contributed by atoms with Gasteiger partial charge in [-0.1, -0.05) is 61.8 Å². The first kappa shape index (κ1) is 26.6. The van der Waals surface area contributed by atoms with Gasteiger partial charge in [-0.15, -0.1) is 22.7 Å². The molecule has 2 aliphatic heterocycles. The molecule has 6 heterocycles. The van der Waals surface area contributed by atoms with Gasteiger partial charge in [0.2, 0.25) is 0 Å². The van der Waals surface area contributed by atoms with Crippen LogP contribution in [0, 0.1) is 0 Å². The largest absolute Gasteiger partial charge is 0.456 e. The predicted octanol–water partition coefficient (Wildman–Crippen LogP) is 9.08. The molecule has 1 aliphatic carbocycles. The van der Waals surface area contributed by atoms with Gasteiger partial charge in [0.1, 0.15) is 31.7 Å². The summed E-state index contributed by atoms with van der Waals surface area (Å²) in [7, 11) is 0. The number of amides is 2. The van der Waals surface area contributed by atoms with E-state index in [1.54, 1.807) is 34.8 Å². The molecule has 2 fully saturated rings. The summed E-state index contributed by atoms with van der Waals surface area (Å²) in [5.74, 6) is 1.42. The van der Waals surface area contributed by atoms with E-state index < -0.39 is 0 Å². The lowest BCUT2D eigenvalue weighted by Crippen LogP contribution is -2.27. The third kappa shape index (κ3) is 4.74. The SMILES string of the molecule is [2H]/C(=C1/SC(=S)N(CC)C1=O)c1ccc(-c2cc3c(s2)-c2sc(-c4ccc(/C([2H])=C5\SC(=S)N(CC)C5=O)o4)cc2C3(C)C)o1. The fourth-order valence-corrected chi connectivity index (χ4v) is 10.6. The zero-order valence-corrected chi connectivity index (χ0v) is 28.3. The Balaban J connectivity index is 1.18. The van der Waals surface area contributed by atoms with Gasteiger partial charge in [0.05, 0.1) is 22.3 Å².